The van der Waals surface area contributed by atoms with Crippen molar-refractivity contribution in [2.24, 2.45) is 0 Å². The molecule has 0 aliphatic heterocycles. The van der Waals surface area contributed by atoms with Gasteiger partial charge in [0.15, 0.2) is 0 Å². The molecule has 0 fully saturated rings. The van der Waals surface area contributed by atoms with Gasteiger partial charge in [-0.3, -0.25) is 4.79 Å². The average Bonchev–Trinajstić information content (AvgIpc) is 2.94. The second-order valence-electron chi connectivity index (χ2n) is 6.25. The fourth-order valence-corrected chi connectivity index (χ4v) is 3.53. The van der Waals surface area contributed by atoms with Crippen molar-refractivity contribution < 1.29 is 9.18 Å². The van der Waals surface area contributed by atoms with Crippen LogP contribution in [-0.4, -0.2) is 10.5 Å². The van der Waals surface area contributed by atoms with E-state index in [2.05, 4.69) is 38.5 Å². The molecule has 0 aliphatic carbocycles. The van der Waals surface area contributed by atoms with E-state index < -0.39 is 11.7 Å². The zero-order valence-corrected chi connectivity index (χ0v) is 17.5. The van der Waals surface area contributed by atoms with Gasteiger partial charge in [0.1, 0.15) is 17.5 Å². The molecule has 28 heavy (non-hydrogen) atoms. The smallest absolute Gasteiger partial charge is 0.266 e. The van der Waals surface area contributed by atoms with Gasteiger partial charge in [0.25, 0.3) is 5.91 Å². The largest absolute Gasteiger partial charge is 0.319 e. The number of aryl methyl sites for hydroxylation is 1. The topological polar surface area (TPSA) is 57.8 Å². The normalized spacial score (nSPS) is 11.2. The summed E-state index contributed by atoms with van der Waals surface area (Å²) in [6, 6.07) is 17.7. The van der Waals surface area contributed by atoms with E-state index in [4.69, 9.17) is 0 Å². The minimum atomic E-state index is -0.647. The maximum Gasteiger partial charge on any atom is 0.266 e. The standard InChI is InChI=1S/C22H17FIN3O/c1-14-10-16(15(2)27(14)19-7-5-6-18(24)12-19)11-17(13-25)22(28)26-21-9-4-3-8-20(21)23/h3-12H,1-2H3,(H,26,28)/b17-11-. The molecule has 1 N–H and O–H groups in total. The van der Waals surface area contributed by atoms with Gasteiger partial charge in [0.2, 0.25) is 0 Å². The molecule has 4 nitrogen and oxygen atoms in total. The zero-order chi connectivity index (χ0) is 20.3. The van der Waals surface area contributed by atoms with Gasteiger partial charge in [-0.15, -0.1) is 0 Å². The third-order valence-electron chi connectivity index (χ3n) is 4.32. The van der Waals surface area contributed by atoms with Crippen molar-refractivity contribution in [2.75, 3.05) is 5.32 Å². The molecule has 1 heterocycles. The molecule has 140 valence electrons. The fraction of sp³-hybridized carbons (Fsp3) is 0.0909. The van der Waals surface area contributed by atoms with Crippen LogP contribution in [-0.2, 0) is 4.79 Å². The summed E-state index contributed by atoms with van der Waals surface area (Å²) in [5.41, 5.74) is 3.61. The Morgan fingerprint density at radius 3 is 2.61 bits per heavy atom. The molecular formula is C22H17FIN3O. The van der Waals surface area contributed by atoms with Gasteiger partial charge in [-0.25, -0.2) is 4.39 Å². The second kappa shape index (κ2) is 8.40. The van der Waals surface area contributed by atoms with Crippen LogP contribution in [0.15, 0.2) is 60.2 Å². The number of nitrogens with zero attached hydrogens (tertiary/aromatic N) is 2. The molecule has 3 rings (SSSR count). The van der Waals surface area contributed by atoms with Crippen LogP contribution >= 0.6 is 22.6 Å². The van der Waals surface area contributed by atoms with Crippen LogP contribution in [0, 0.1) is 34.6 Å². The van der Waals surface area contributed by atoms with Crippen LogP contribution in [0.2, 0.25) is 0 Å². The van der Waals surface area contributed by atoms with Crippen molar-refractivity contribution >= 4 is 40.3 Å². The number of hydrogen-bond acceptors (Lipinski definition) is 2. The van der Waals surface area contributed by atoms with Crippen molar-refractivity contribution in [3.05, 3.63) is 86.5 Å². The Labute approximate surface area is 176 Å². The van der Waals surface area contributed by atoms with Crippen LogP contribution in [0.3, 0.4) is 0 Å². The first-order valence-electron chi connectivity index (χ1n) is 8.53. The van der Waals surface area contributed by atoms with Gasteiger partial charge >= 0.3 is 0 Å². The van der Waals surface area contributed by atoms with E-state index in [9.17, 15) is 14.4 Å². The van der Waals surface area contributed by atoms with Gasteiger partial charge in [0, 0.05) is 20.6 Å². The second-order valence-corrected chi connectivity index (χ2v) is 7.49. The summed E-state index contributed by atoms with van der Waals surface area (Å²) in [6.07, 6.45) is 1.53. The highest BCUT2D eigenvalue weighted by atomic mass is 127. The molecule has 0 aliphatic rings. The van der Waals surface area contributed by atoms with Crippen molar-refractivity contribution in [1.29, 1.82) is 5.26 Å². The highest BCUT2D eigenvalue weighted by Crippen LogP contribution is 2.24. The van der Waals surface area contributed by atoms with Gasteiger partial charge in [-0.05, 0) is 84.5 Å². The Kier molecular flexibility index (Phi) is 5.95. The number of amides is 1. The van der Waals surface area contributed by atoms with Crippen LogP contribution < -0.4 is 5.32 Å². The fourth-order valence-electron chi connectivity index (χ4n) is 3.00. The summed E-state index contributed by atoms with van der Waals surface area (Å²) in [7, 11) is 0. The van der Waals surface area contributed by atoms with E-state index in [1.807, 2.05) is 44.2 Å². The number of halogens is 2. The highest BCUT2D eigenvalue weighted by Gasteiger charge is 2.15. The summed E-state index contributed by atoms with van der Waals surface area (Å²) >= 11 is 2.26. The van der Waals surface area contributed by atoms with E-state index in [0.717, 1.165) is 26.2 Å². The molecule has 3 aromatic rings. The Balaban J connectivity index is 1.95. The molecular weight excluding hydrogens is 468 g/mol. The molecule has 0 unspecified atom stereocenters. The average molecular weight is 485 g/mol. The van der Waals surface area contributed by atoms with Crippen molar-refractivity contribution in [1.82, 2.24) is 4.57 Å². The number of aromatic nitrogens is 1. The van der Waals surface area contributed by atoms with Crippen LogP contribution in [0.1, 0.15) is 17.0 Å². The summed E-state index contributed by atoms with van der Waals surface area (Å²) in [6.45, 7) is 3.90. The monoisotopic (exact) mass is 485 g/mol. The molecule has 0 bridgehead atoms. The molecule has 6 heteroatoms. The lowest BCUT2D eigenvalue weighted by atomic mass is 10.1. The van der Waals surface area contributed by atoms with E-state index in [1.165, 1.54) is 24.3 Å². The number of carbonyl (C=O) groups is 1. The summed E-state index contributed by atoms with van der Waals surface area (Å²) in [4.78, 5) is 12.4. The van der Waals surface area contributed by atoms with Crippen LogP contribution in [0.4, 0.5) is 10.1 Å². The van der Waals surface area contributed by atoms with Gasteiger partial charge in [-0.1, -0.05) is 18.2 Å². The number of para-hydroxylation sites is 1. The number of benzene rings is 2. The predicted molar refractivity (Wildman–Crippen MR) is 117 cm³/mol. The van der Waals surface area contributed by atoms with E-state index in [1.54, 1.807) is 6.07 Å². The van der Waals surface area contributed by atoms with E-state index in [0.29, 0.717) is 0 Å². The molecule has 1 aromatic heterocycles. The van der Waals surface area contributed by atoms with Crippen LogP contribution in [0.25, 0.3) is 11.8 Å². The number of hydrogen-bond donors (Lipinski definition) is 1. The Morgan fingerprint density at radius 2 is 1.93 bits per heavy atom. The predicted octanol–water partition coefficient (Wildman–Crippen LogP) is 5.38. The molecule has 0 radical (unpaired) electrons. The number of rotatable bonds is 4. The number of anilines is 1. The Morgan fingerprint density at radius 1 is 1.18 bits per heavy atom. The Bertz CT molecular complexity index is 1130. The summed E-state index contributed by atoms with van der Waals surface area (Å²) in [5.74, 6) is -1.20. The number of carbonyl (C=O) groups excluding carboxylic acids is 1. The number of nitriles is 1. The van der Waals surface area contributed by atoms with E-state index >= 15 is 0 Å². The molecule has 0 spiro atoms. The molecule has 0 saturated carbocycles. The van der Waals surface area contributed by atoms with Crippen molar-refractivity contribution in [3.8, 4) is 11.8 Å². The third-order valence-corrected chi connectivity index (χ3v) is 4.99. The maximum atomic E-state index is 13.8. The highest BCUT2D eigenvalue weighted by molar-refractivity contribution is 14.1. The first kappa shape index (κ1) is 19.8. The molecule has 0 saturated heterocycles. The van der Waals surface area contributed by atoms with Gasteiger partial charge in [-0.2, -0.15) is 5.26 Å². The lowest BCUT2D eigenvalue weighted by Crippen LogP contribution is -2.14. The minimum absolute atomic E-state index is 0.0398. The first-order valence-corrected chi connectivity index (χ1v) is 9.61. The third kappa shape index (κ3) is 4.15. The maximum absolute atomic E-state index is 13.8. The van der Waals surface area contributed by atoms with Gasteiger partial charge < -0.3 is 9.88 Å². The lowest BCUT2D eigenvalue weighted by molar-refractivity contribution is -0.112. The van der Waals surface area contributed by atoms with Gasteiger partial charge in [0.05, 0.1) is 5.69 Å². The first-order chi connectivity index (χ1) is 13.4. The summed E-state index contributed by atoms with van der Waals surface area (Å²) < 4.78 is 16.9. The SMILES string of the molecule is Cc1cc(/C=C(/C#N)C(=O)Nc2ccccc2F)c(C)n1-c1cccc(I)c1. The van der Waals surface area contributed by atoms with Crippen molar-refractivity contribution in [3.63, 3.8) is 0 Å². The summed E-state index contributed by atoms with van der Waals surface area (Å²) in [5, 5.41) is 11.9. The zero-order valence-electron chi connectivity index (χ0n) is 15.3. The molecule has 0 atom stereocenters. The van der Waals surface area contributed by atoms with E-state index in [-0.39, 0.29) is 11.3 Å². The minimum Gasteiger partial charge on any atom is -0.319 e. The molecule has 2 aromatic carbocycles. The lowest BCUT2D eigenvalue weighted by Gasteiger charge is -2.10. The number of nitrogens with one attached hydrogen (secondary N) is 1. The Hall–Kier alpha value is -2.92. The van der Waals surface area contributed by atoms with Crippen molar-refractivity contribution in [2.45, 2.75) is 13.8 Å². The molecule has 1 amide bonds. The quantitative estimate of drug-likeness (QED) is 0.307. The van der Waals surface area contributed by atoms with Crippen LogP contribution in [0.5, 0.6) is 0 Å².